The number of hydrogen-bond acceptors (Lipinski definition) is 3. The number of ether oxygens (including phenoxy) is 2. The van der Waals surface area contributed by atoms with Crippen molar-refractivity contribution in [2.24, 2.45) is 17.3 Å². The van der Waals surface area contributed by atoms with Crippen molar-refractivity contribution in [2.75, 3.05) is 13.7 Å². The Morgan fingerprint density at radius 2 is 1.81 bits per heavy atom. The van der Waals surface area contributed by atoms with Gasteiger partial charge < -0.3 is 14.6 Å². The molecule has 1 unspecified atom stereocenters. The lowest BCUT2D eigenvalue weighted by molar-refractivity contribution is -0.137. The SMILES string of the molecule is COc1ccc(F)c(C2=CC(COc3ccc([C@H](CCC(=O)O)C4CC4)cc3)CC=C2C(C)(C)C)c1. The Labute approximate surface area is 213 Å². The molecule has 1 saturated carbocycles. The molecule has 2 atom stereocenters. The van der Waals surface area contributed by atoms with Crippen LogP contribution in [0.3, 0.4) is 0 Å². The number of allylic oxidation sites excluding steroid dienone is 3. The van der Waals surface area contributed by atoms with Crippen LogP contribution in [0.1, 0.15) is 69.9 Å². The standard InChI is InChI=1S/C31H37FO4/c1-31(2,3)28-14-5-20(17-26(28)27-18-24(35-4)12-15-29(27)32)19-36-23-10-8-22(9-11-23)25(21-6-7-21)13-16-30(33)34/h8-12,14-15,17-18,20-21,25H,5-7,13,16,19H2,1-4H3,(H,33,34)/t20?,25-/m1/s1. The van der Waals surface area contributed by atoms with Crippen molar-refractivity contribution in [3.63, 3.8) is 0 Å². The van der Waals surface area contributed by atoms with E-state index in [9.17, 15) is 9.18 Å². The molecule has 192 valence electrons. The van der Waals surface area contributed by atoms with Crippen molar-refractivity contribution in [1.82, 2.24) is 0 Å². The minimum atomic E-state index is -0.738. The van der Waals surface area contributed by atoms with Gasteiger partial charge in [-0.1, -0.05) is 45.1 Å². The topological polar surface area (TPSA) is 55.8 Å². The van der Waals surface area contributed by atoms with E-state index in [1.54, 1.807) is 19.2 Å². The van der Waals surface area contributed by atoms with Gasteiger partial charge in [0.2, 0.25) is 0 Å². The van der Waals surface area contributed by atoms with Gasteiger partial charge in [0.1, 0.15) is 17.3 Å². The second-order valence-electron chi connectivity index (χ2n) is 11.0. The molecule has 2 aromatic rings. The first-order valence-corrected chi connectivity index (χ1v) is 12.9. The fourth-order valence-electron chi connectivity index (χ4n) is 5.14. The van der Waals surface area contributed by atoms with E-state index in [0.29, 0.717) is 36.2 Å². The zero-order valence-corrected chi connectivity index (χ0v) is 21.7. The summed E-state index contributed by atoms with van der Waals surface area (Å²) in [6.45, 7) is 6.94. The molecular formula is C31H37FO4. The summed E-state index contributed by atoms with van der Waals surface area (Å²) in [5.74, 6) is 1.44. The molecule has 0 bridgehead atoms. The lowest BCUT2D eigenvalue weighted by atomic mass is 9.75. The Bertz CT molecular complexity index is 1140. The lowest BCUT2D eigenvalue weighted by Crippen LogP contribution is -2.19. The van der Waals surface area contributed by atoms with E-state index in [1.807, 2.05) is 12.1 Å². The van der Waals surface area contributed by atoms with Gasteiger partial charge in [-0.15, -0.1) is 0 Å². The normalized spacial score (nSPS) is 18.8. The van der Waals surface area contributed by atoms with Crippen LogP contribution in [-0.4, -0.2) is 24.8 Å². The fraction of sp³-hybridized carbons (Fsp3) is 0.452. The fourth-order valence-corrected chi connectivity index (χ4v) is 5.14. The summed E-state index contributed by atoms with van der Waals surface area (Å²) in [7, 11) is 1.59. The Morgan fingerprint density at radius 3 is 2.42 bits per heavy atom. The average Bonchev–Trinajstić information content (AvgIpc) is 3.68. The molecule has 4 rings (SSSR count). The van der Waals surface area contributed by atoms with E-state index in [2.05, 4.69) is 45.1 Å². The minimum Gasteiger partial charge on any atom is -0.497 e. The Morgan fingerprint density at radius 1 is 1.11 bits per heavy atom. The highest BCUT2D eigenvalue weighted by atomic mass is 19.1. The van der Waals surface area contributed by atoms with Crippen LogP contribution in [0.25, 0.3) is 5.57 Å². The quantitative estimate of drug-likeness (QED) is 0.370. The van der Waals surface area contributed by atoms with Crippen molar-refractivity contribution in [1.29, 1.82) is 0 Å². The van der Waals surface area contributed by atoms with Gasteiger partial charge in [0.25, 0.3) is 0 Å². The molecule has 2 aromatic carbocycles. The van der Waals surface area contributed by atoms with E-state index in [4.69, 9.17) is 14.6 Å². The molecule has 0 amide bonds. The summed E-state index contributed by atoms with van der Waals surface area (Å²) in [6, 6.07) is 13.0. The Balaban J connectivity index is 1.48. The molecule has 0 aliphatic heterocycles. The maximum atomic E-state index is 14.9. The third-order valence-corrected chi connectivity index (χ3v) is 7.22. The predicted molar refractivity (Wildman–Crippen MR) is 141 cm³/mol. The van der Waals surface area contributed by atoms with Crippen LogP contribution < -0.4 is 9.47 Å². The number of carbonyl (C=O) groups is 1. The van der Waals surface area contributed by atoms with Crippen LogP contribution in [0.2, 0.25) is 0 Å². The first-order chi connectivity index (χ1) is 17.2. The largest absolute Gasteiger partial charge is 0.497 e. The molecular weight excluding hydrogens is 455 g/mol. The van der Waals surface area contributed by atoms with Crippen molar-refractivity contribution in [3.05, 3.63) is 77.1 Å². The van der Waals surface area contributed by atoms with Crippen molar-refractivity contribution in [2.45, 2.75) is 58.8 Å². The minimum absolute atomic E-state index is 0.117. The van der Waals surface area contributed by atoms with Gasteiger partial charge in [-0.05, 0) is 90.0 Å². The van der Waals surface area contributed by atoms with E-state index >= 15 is 0 Å². The monoisotopic (exact) mass is 492 g/mol. The second-order valence-corrected chi connectivity index (χ2v) is 11.0. The molecule has 5 heteroatoms. The third kappa shape index (κ3) is 6.37. The molecule has 36 heavy (non-hydrogen) atoms. The lowest BCUT2D eigenvalue weighted by Gasteiger charge is -2.31. The predicted octanol–water partition coefficient (Wildman–Crippen LogP) is 7.65. The number of rotatable bonds is 10. The van der Waals surface area contributed by atoms with Crippen LogP contribution in [0.15, 0.2) is 60.2 Å². The van der Waals surface area contributed by atoms with E-state index < -0.39 is 5.97 Å². The van der Waals surface area contributed by atoms with Crippen LogP contribution in [0.4, 0.5) is 4.39 Å². The molecule has 2 aliphatic carbocycles. The summed E-state index contributed by atoms with van der Waals surface area (Å²) < 4.78 is 26.4. The molecule has 0 spiro atoms. The maximum absolute atomic E-state index is 14.9. The Kier molecular flexibility index (Phi) is 7.87. The van der Waals surface area contributed by atoms with Crippen molar-refractivity contribution < 1.29 is 23.8 Å². The zero-order chi connectivity index (χ0) is 25.9. The molecule has 0 aromatic heterocycles. The van der Waals surface area contributed by atoms with E-state index in [-0.39, 0.29) is 23.6 Å². The summed E-state index contributed by atoms with van der Waals surface area (Å²) in [4.78, 5) is 11.1. The third-order valence-electron chi connectivity index (χ3n) is 7.22. The number of benzene rings is 2. The number of carboxylic acid groups (broad SMARTS) is 1. The summed E-state index contributed by atoms with van der Waals surface area (Å²) >= 11 is 0. The van der Waals surface area contributed by atoms with Gasteiger partial charge in [-0.25, -0.2) is 4.39 Å². The zero-order valence-electron chi connectivity index (χ0n) is 21.7. The second kappa shape index (κ2) is 10.9. The van der Waals surface area contributed by atoms with E-state index in [1.165, 1.54) is 24.5 Å². The van der Waals surface area contributed by atoms with Gasteiger partial charge in [0.05, 0.1) is 13.7 Å². The maximum Gasteiger partial charge on any atom is 0.303 e. The van der Waals surface area contributed by atoms with E-state index in [0.717, 1.165) is 23.3 Å². The summed E-state index contributed by atoms with van der Waals surface area (Å²) in [6.07, 6.45) is 8.43. The number of carboxylic acids is 1. The first-order valence-electron chi connectivity index (χ1n) is 12.9. The molecule has 1 N–H and O–H groups in total. The van der Waals surface area contributed by atoms with Gasteiger partial charge >= 0.3 is 5.97 Å². The van der Waals surface area contributed by atoms with Crippen molar-refractivity contribution >= 4 is 11.5 Å². The number of aliphatic carboxylic acids is 1. The molecule has 0 heterocycles. The van der Waals surface area contributed by atoms with Crippen LogP contribution in [0, 0.1) is 23.1 Å². The summed E-state index contributed by atoms with van der Waals surface area (Å²) in [5, 5.41) is 9.09. The smallest absolute Gasteiger partial charge is 0.303 e. The number of methoxy groups -OCH3 is 1. The number of hydrogen-bond donors (Lipinski definition) is 1. The van der Waals surface area contributed by atoms with Crippen LogP contribution in [-0.2, 0) is 4.79 Å². The van der Waals surface area contributed by atoms with Crippen molar-refractivity contribution in [3.8, 4) is 11.5 Å². The highest BCUT2D eigenvalue weighted by Crippen LogP contribution is 2.45. The molecule has 0 radical (unpaired) electrons. The average molecular weight is 493 g/mol. The Hall–Kier alpha value is -3.08. The van der Waals surface area contributed by atoms with Crippen LogP contribution in [0.5, 0.6) is 11.5 Å². The highest BCUT2D eigenvalue weighted by molar-refractivity contribution is 5.82. The van der Waals surface area contributed by atoms with Gasteiger partial charge in [-0.3, -0.25) is 4.79 Å². The first kappa shape index (κ1) is 26.0. The highest BCUT2D eigenvalue weighted by Gasteiger charge is 2.32. The van der Waals surface area contributed by atoms with Gasteiger partial charge in [-0.2, -0.15) is 0 Å². The molecule has 0 saturated heterocycles. The van der Waals surface area contributed by atoms with Gasteiger partial charge in [0, 0.05) is 17.9 Å². The number of halogens is 1. The molecule has 1 fully saturated rings. The van der Waals surface area contributed by atoms with Crippen LogP contribution >= 0.6 is 0 Å². The molecule has 2 aliphatic rings. The summed E-state index contributed by atoms with van der Waals surface area (Å²) in [5.41, 5.74) is 3.65. The molecule has 4 nitrogen and oxygen atoms in total. The van der Waals surface area contributed by atoms with Gasteiger partial charge in [0.15, 0.2) is 0 Å².